The van der Waals surface area contributed by atoms with Gasteiger partial charge < -0.3 is 4.74 Å². The van der Waals surface area contributed by atoms with Crippen molar-refractivity contribution in [3.63, 3.8) is 0 Å². The lowest BCUT2D eigenvalue weighted by atomic mass is 10.2. The first-order chi connectivity index (χ1) is 13.6. The van der Waals surface area contributed by atoms with Crippen molar-refractivity contribution in [2.24, 2.45) is 0 Å². The van der Waals surface area contributed by atoms with Crippen molar-refractivity contribution < 1.29 is 13.9 Å². The van der Waals surface area contributed by atoms with E-state index in [-0.39, 0.29) is 12.3 Å². The van der Waals surface area contributed by atoms with Crippen LogP contribution < -0.4 is 0 Å². The molecule has 2 aromatic heterocycles. The predicted octanol–water partition coefficient (Wildman–Crippen LogP) is 3.47. The van der Waals surface area contributed by atoms with Crippen LogP contribution >= 0.6 is 11.3 Å². The van der Waals surface area contributed by atoms with Crippen LogP contribution in [-0.4, -0.2) is 31.2 Å². The zero-order valence-corrected chi connectivity index (χ0v) is 15.6. The number of esters is 1. The fraction of sp³-hybridized carbons (Fsp3) is 0.105. The molecule has 0 radical (unpaired) electrons. The Morgan fingerprint density at radius 1 is 1.25 bits per heavy atom. The molecule has 0 N–H and O–H groups in total. The van der Waals surface area contributed by atoms with Crippen LogP contribution in [0.1, 0.15) is 16.4 Å². The van der Waals surface area contributed by atoms with Crippen LogP contribution in [0.25, 0.3) is 22.0 Å². The lowest BCUT2D eigenvalue weighted by Gasteiger charge is -2.08. The summed E-state index contributed by atoms with van der Waals surface area (Å²) in [6.45, 7) is 1.67. The minimum Gasteiger partial charge on any atom is -0.454 e. The van der Waals surface area contributed by atoms with Gasteiger partial charge in [0.15, 0.2) is 11.5 Å². The molecule has 2 aromatic carbocycles. The molecule has 0 amide bonds. The third-order valence-corrected chi connectivity index (χ3v) is 4.89. The van der Waals surface area contributed by atoms with Crippen molar-refractivity contribution in [1.82, 2.24) is 25.2 Å². The van der Waals surface area contributed by atoms with E-state index in [1.165, 1.54) is 34.2 Å². The minimum atomic E-state index is -0.640. The van der Waals surface area contributed by atoms with Crippen LogP contribution in [0.4, 0.5) is 4.39 Å². The molecule has 0 saturated heterocycles. The normalized spacial score (nSPS) is 11.7. The van der Waals surface area contributed by atoms with Gasteiger partial charge in [-0.2, -0.15) is 4.68 Å². The number of nitrogens with zero attached hydrogens (tertiary/aromatic N) is 5. The smallest absolute Gasteiger partial charge is 0.357 e. The summed E-state index contributed by atoms with van der Waals surface area (Å²) in [5.41, 5.74) is 1.42. The van der Waals surface area contributed by atoms with E-state index >= 15 is 0 Å². The topological polar surface area (TPSA) is 82.8 Å². The Labute approximate surface area is 163 Å². The number of benzene rings is 2. The molecule has 28 heavy (non-hydrogen) atoms. The number of para-hydroxylation sites is 1. The molecule has 0 bridgehead atoms. The third-order valence-electron chi connectivity index (χ3n) is 3.88. The van der Waals surface area contributed by atoms with Gasteiger partial charge in [-0.1, -0.05) is 24.3 Å². The van der Waals surface area contributed by atoms with Gasteiger partial charge in [-0.3, -0.25) is 0 Å². The molecule has 4 aromatic rings. The van der Waals surface area contributed by atoms with E-state index in [1.807, 2.05) is 24.3 Å². The largest absolute Gasteiger partial charge is 0.454 e. The van der Waals surface area contributed by atoms with Crippen LogP contribution in [0, 0.1) is 12.7 Å². The lowest BCUT2D eigenvalue weighted by Crippen LogP contribution is -2.15. The molecule has 4 rings (SSSR count). The van der Waals surface area contributed by atoms with Crippen molar-refractivity contribution >= 4 is 39.3 Å². The maximum absolute atomic E-state index is 13.5. The SMILES string of the molecule is Cc1nnnn1/C(=C\c1cccc(F)c1)C(=O)OCc1nc2ccccc2s1. The fourth-order valence-electron chi connectivity index (χ4n) is 2.60. The average Bonchev–Trinajstić information content (AvgIpc) is 3.30. The number of rotatable bonds is 5. The Bertz CT molecular complexity index is 1150. The summed E-state index contributed by atoms with van der Waals surface area (Å²) in [4.78, 5) is 17.2. The van der Waals surface area contributed by atoms with Crippen LogP contribution in [0.3, 0.4) is 0 Å². The van der Waals surface area contributed by atoms with Gasteiger partial charge in [0.2, 0.25) is 0 Å². The number of hydrogen-bond donors (Lipinski definition) is 0. The number of carbonyl (C=O) groups excluding carboxylic acids is 1. The highest BCUT2D eigenvalue weighted by molar-refractivity contribution is 7.18. The number of tetrazole rings is 1. The summed E-state index contributed by atoms with van der Waals surface area (Å²) in [5, 5.41) is 11.9. The Morgan fingerprint density at radius 3 is 2.86 bits per heavy atom. The maximum Gasteiger partial charge on any atom is 0.357 e. The summed E-state index contributed by atoms with van der Waals surface area (Å²) in [6.07, 6.45) is 1.48. The monoisotopic (exact) mass is 395 g/mol. The van der Waals surface area contributed by atoms with Crippen LogP contribution in [-0.2, 0) is 16.1 Å². The molecule has 0 unspecified atom stereocenters. The van der Waals surface area contributed by atoms with Gasteiger partial charge in [-0.05, 0) is 53.3 Å². The number of ether oxygens (including phenoxy) is 1. The van der Waals surface area contributed by atoms with Crippen LogP contribution in [0.15, 0.2) is 48.5 Å². The summed E-state index contributed by atoms with van der Waals surface area (Å²) in [6, 6.07) is 13.5. The van der Waals surface area contributed by atoms with Gasteiger partial charge in [-0.25, -0.2) is 14.2 Å². The molecule has 140 valence electrons. The van der Waals surface area contributed by atoms with Gasteiger partial charge in [-0.15, -0.1) is 16.4 Å². The quantitative estimate of drug-likeness (QED) is 0.380. The van der Waals surface area contributed by atoms with Crippen molar-refractivity contribution in [3.05, 3.63) is 70.7 Å². The molecule has 0 aliphatic heterocycles. The van der Waals surface area contributed by atoms with E-state index in [4.69, 9.17) is 4.74 Å². The van der Waals surface area contributed by atoms with Gasteiger partial charge in [0.25, 0.3) is 0 Å². The Balaban J connectivity index is 1.60. The molecular weight excluding hydrogens is 381 g/mol. The average molecular weight is 395 g/mol. The van der Waals surface area contributed by atoms with E-state index < -0.39 is 11.8 Å². The molecule has 0 spiro atoms. The number of thiazole rings is 1. The third kappa shape index (κ3) is 3.79. The van der Waals surface area contributed by atoms with Gasteiger partial charge in [0, 0.05) is 0 Å². The molecule has 9 heteroatoms. The molecule has 0 aliphatic rings. The first kappa shape index (κ1) is 17.9. The Morgan fingerprint density at radius 2 is 2.11 bits per heavy atom. The Kier molecular flexibility index (Phi) is 4.90. The summed E-state index contributed by atoms with van der Waals surface area (Å²) >= 11 is 1.45. The lowest BCUT2D eigenvalue weighted by molar-refractivity contribution is -0.138. The van der Waals surface area contributed by atoms with Gasteiger partial charge >= 0.3 is 5.97 Å². The fourth-order valence-corrected chi connectivity index (χ4v) is 3.48. The highest BCUT2D eigenvalue weighted by Gasteiger charge is 2.18. The summed E-state index contributed by atoms with van der Waals surface area (Å²) in [7, 11) is 0. The van der Waals surface area contributed by atoms with Crippen molar-refractivity contribution in [1.29, 1.82) is 0 Å². The van der Waals surface area contributed by atoms with E-state index in [0.29, 0.717) is 16.4 Å². The molecule has 0 fully saturated rings. The molecule has 0 atom stereocenters. The maximum atomic E-state index is 13.5. The number of aromatic nitrogens is 5. The Hall–Kier alpha value is -3.46. The highest BCUT2D eigenvalue weighted by atomic mass is 32.1. The second kappa shape index (κ2) is 7.65. The zero-order valence-electron chi connectivity index (χ0n) is 14.7. The molecule has 2 heterocycles. The summed E-state index contributed by atoms with van der Waals surface area (Å²) < 4.78 is 21.2. The number of carbonyl (C=O) groups is 1. The number of aryl methyl sites for hydroxylation is 1. The standard InChI is InChI=1S/C19H14FN5O2S/c1-12-22-23-24-25(12)16(10-13-5-4-6-14(20)9-13)19(26)27-11-18-21-15-7-2-3-8-17(15)28-18/h2-10H,11H2,1H3/b16-10-. The number of halogens is 1. The van der Waals surface area contributed by atoms with Crippen molar-refractivity contribution in [2.45, 2.75) is 13.5 Å². The summed E-state index contributed by atoms with van der Waals surface area (Å²) in [5.74, 6) is -0.650. The van der Waals surface area contributed by atoms with Crippen molar-refractivity contribution in [3.8, 4) is 0 Å². The second-order valence-corrected chi connectivity index (χ2v) is 6.99. The van der Waals surface area contributed by atoms with E-state index in [0.717, 1.165) is 10.2 Å². The molecule has 0 aliphatic carbocycles. The molecule has 7 nitrogen and oxygen atoms in total. The first-order valence-electron chi connectivity index (χ1n) is 8.34. The van der Waals surface area contributed by atoms with Crippen molar-refractivity contribution in [2.75, 3.05) is 0 Å². The predicted molar refractivity (Wildman–Crippen MR) is 103 cm³/mol. The van der Waals surface area contributed by atoms with Crippen LogP contribution in [0.2, 0.25) is 0 Å². The van der Waals surface area contributed by atoms with Gasteiger partial charge in [0.05, 0.1) is 10.2 Å². The number of hydrogen-bond acceptors (Lipinski definition) is 7. The minimum absolute atomic E-state index is 0.0137. The first-order valence-corrected chi connectivity index (χ1v) is 9.16. The van der Waals surface area contributed by atoms with Crippen LogP contribution in [0.5, 0.6) is 0 Å². The van der Waals surface area contributed by atoms with E-state index in [2.05, 4.69) is 20.5 Å². The van der Waals surface area contributed by atoms with E-state index in [1.54, 1.807) is 19.1 Å². The zero-order chi connectivity index (χ0) is 19.5. The number of fused-ring (bicyclic) bond motifs is 1. The highest BCUT2D eigenvalue weighted by Crippen LogP contribution is 2.23. The molecule has 0 saturated carbocycles. The van der Waals surface area contributed by atoms with E-state index in [9.17, 15) is 9.18 Å². The molecular formula is C19H14FN5O2S. The van der Waals surface area contributed by atoms with Gasteiger partial charge in [0.1, 0.15) is 17.4 Å². The second-order valence-electron chi connectivity index (χ2n) is 5.87.